The summed E-state index contributed by atoms with van der Waals surface area (Å²) < 4.78 is 6.60. The average Bonchev–Trinajstić information content (AvgIpc) is 3.03. The van der Waals surface area contributed by atoms with Crippen LogP contribution in [0.3, 0.4) is 0 Å². The van der Waals surface area contributed by atoms with E-state index in [-0.39, 0.29) is 16.6 Å². The van der Waals surface area contributed by atoms with Crippen LogP contribution in [-0.2, 0) is 14.8 Å². The molecule has 0 unspecified atom stereocenters. The lowest BCUT2D eigenvalue weighted by Crippen LogP contribution is -2.44. The van der Waals surface area contributed by atoms with Gasteiger partial charge in [0.2, 0.25) is 0 Å². The molecule has 0 radical (unpaired) electrons. The van der Waals surface area contributed by atoms with Gasteiger partial charge in [-0.15, -0.1) is 0 Å². The molecule has 104 valence electrons. The first-order valence-corrected chi connectivity index (χ1v) is 9.85. The van der Waals surface area contributed by atoms with E-state index in [1.165, 1.54) is 0 Å². The highest BCUT2D eigenvalue weighted by molar-refractivity contribution is 6.74. The van der Waals surface area contributed by atoms with Crippen molar-refractivity contribution in [2.75, 3.05) is 0 Å². The van der Waals surface area contributed by atoms with Crippen LogP contribution in [0.4, 0.5) is 0 Å². The molecular formula is C16H24O2Si. The van der Waals surface area contributed by atoms with Gasteiger partial charge in [0, 0.05) is 5.92 Å². The van der Waals surface area contributed by atoms with Gasteiger partial charge in [-0.3, -0.25) is 0 Å². The quantitative estimate of drug-likeness (QED) is 0.611. The molecule has 1 aliphatic carbocycles. The Balaban J connectivity index is 2.32. The molecule has 0 saturated heterocycles. The fraction of sp³-hybridized carbons (Fsp3) is 0.562. The van der Waals surface area contributed by atoms with Crippen LogP contribution in [0.1, 0.15) is 32.8 Å². The van der Waals surface area contributed by atoms with Crippen molar-refractivity contribution in [3.8, 4) is 0 Å². The highest BCUT2D eigenvalue weighted by atomic mass is 28.4. The van der Waals surface area contributed by atoms with E-state index in [2.05, 4.69) is 46.0 Å². The number of rotatable bonds is 4. The van der Waals surface area contributed by atoms with Gasteiger partial charge in [0.1, 0.15) is 6.29 Å². The second-order valence-corrected chi connectivity index (χ2v) is 11.8. The van der Waals surface area contributed by atoms with Gasteiger partial charge in [-0.05, 0) is 30.1 Å². The van der Waals surface area contributed by atoms with Crippen LogP contribution in [-0.4, -0.2) is 14.6 Å². The van der Waals surface area contributed by atoms with E-state index in [4.69, 9.17) is 4.43 Å². The van der Waals surface area contributed by atoms with Gasteiger partial charge in [0.15, 0.2) is 8.32 Å². The zero-order valence-electron chi connectivity index (χ0n) is 12.6. The van der Waals surface area contributed by atoms with Crippen LogP contribution in [0.25, 0.3) is 0 Å². The molecule has 0 heterocycles. The van der Waals surface area contributed by atoms with Crippen LogP contribution in [0, 0.1) is 5.92 Å². The molecule has 0 spiro atoms. The predicted octanol–water partition coefficient (Wildman–Crippen LogP) is 4.12. The molecular weight excluding hydrogens is 252 g/mol. The third kappa shape index (κ3) is 2.54. The Labute approximate surface area is 117 Å². The maximum absolute atomic E-state index is 11.2. The number of aldehydes is 1. The van der Waals surface area contributed by atoms with E-state index >= 15 is 0 Å². The Hall–Kier alpha value is -0.933. The minimum Gasteiger partial charge on any atom is -0.407 e. The molecule has 1 fully saturated rings. The van der Waals surface area contributed by atoms with Crippen LogP contribution >= 0.6 is 0 Å². The summed E-state index contributed by atoms with van der Waals surface area (Å²) in [5, 5.41) is 0.158. The lowest BCUT2D eigenvalue weighted by molar-refractivity contribution is -0.110. The van der Waals surface area contributed by atoms with Gasteiger partial charge in [0.25, 0.3) is 0 Å². The fourth-order valence-electron chi connectivity index (χ4n) is 2.26. The van der Waals surface area contributed by atoms with E-state index < -0.39 is 8.32 Å². The largest absolute Gasteiger partial charge is 0.407 e. The SMILES string of the molecule is CC(C)(C)[Si](C)(C)O[C@@]1(c2ccccc2)C[C@@H]1C=O. The van der Waals surface area contributed by atoms with Crippen molar-refractivity contribution >= 4 is 14.6 Å². The Morgan fingerprint density at radius 1 is 1.26 bits per heavy atom. The molecule has 1 aliphatic rings. The Morgan fingerprint density at radius 2 is 1.84 bits per heavy atom. The zero-order chi connectivity index (χ0) is 14.3. The monoisotopic (exact) mass is 276 g/mol. The first-order chi connectivity index (χ1) is 8.73. The molecule has 1 aromatic rings. The van der Waals surface area contributed by atoms with Crippen LogP contribution < -0.4 is 0 Å². The lowest BCUT2D eigenvalue weighted by atomic mass is 10.1. The molecule has 0 amide bonds. The number of benzene rings is 1. The van der Waals surface area contributed by atoms with Gasteiger partial charge < -0.3 is 9.22 Å². The van der Waals surface area contributed by atoms with Crippen molar-refractivity contribution < 1.29 is 9.22 Å². The second-order valence-electron chi connectivity index (χ2n) is 7.06. The number of hydrogen-bond donors (Lipinski definition) is 0. The van der Waals surface area contributed by atoms with Crippen LogP contribution in [0.5, 0.6) is 0 Å². The van der Waals surface area contributed by atoms with Gasteiger partial charge in [-0.1, -0.05) is 51.1 Å². The minimum absolute atomic E-state index is 0.0176. The third-order valence-electron chi connectivity index (χ3n) is 4.63. The van der Waals surface area contributed by atoms with Crippen LogP contribution in [0.2, 0.25) is 18.1 Å². The predicted molar refractivity (Wildman–Crippen MR) is 80.6 cm³/mol. The Morgan fingerprint density at radius 3 is 2.26 bits per heavy atom. The molecule has 2 rings (SSSR count). The fourth-order valence-corrected chi connectivity index (χ4v) is 3.83. The van der Waals surface area contributed by atoms with Crippen molar-refractivity contribution in [2.24, 2.45) is 5.92 Å². The van der Waals surface area contributed by atoms with Gasteiger partial charge in [-0.2, -0.15) is 0 Å². The lowest BCUT2D eigenvalue weighted by Gasteiger charge is -2.40. The summed E-state index contributed by atoms with van der Waals surface area (Å²) in [6.45, 7) is 11.2. The molecule has 1 aromatic carbocycles. The standard InChI is InChI=1S/C16H24O2Si/c1-15(2,3)19(4,5)18-16(11-14(16)12-17)13-9-7-6-8-10-13/h6-10,12,14H,11H2,1-5H3/t14-,16-/m1/s1. The van der Waals surface area contributed by atoms with Gasteiger partial charge in [0.05, 0.1) is 5.60 Å². The minimum atomic E-state index is -1.88. The smallest absolute Gasteiger partial charge is 0.193 e. The summed E-state index contributed by atoms with van der Waals surface area (Å²) in [4.78, 5) is 11.2. The average molecular weight is 276 g/mol. The van der Waals surface area contributed by atoms with Crippen molar-refractivity contribution in [1.29, 1.82) is 0 Å². The summed E-state index contributed by atoms with van der Waals surface area (Å²) in [5.74, 6) is 0.0176. The molecule has 2 nitrogen and oxygen atoms in total. The molecule has 19 heavy (non-hydrogen) atoms. The number of carbonyl (C=O) groups is 1. The summed E-state index contributed by atoms with van der Waals surface area (Å²) >= 11 is 0. The molecule has 0 aliphatic heterocycles. The van der Waals surface area contributed by atoms with Gasteiger partial charge in [-0.25, -0.2) is 0 Å². The van der Waals surface area contributed by atoms with Crippen molar-refractivity contribution in [1.82, 2.24) is 0 Å². The third-order valence-corrected chi connectivity index (χ3v) is 9.12. The van der Waals surface area contributed by atoms with Crippen molar-refractivity contribution in [3.05, 3.63) is 35.9 Å². The van der Waals surface area contributed by atoms with Gasteiger partial charge >= 0.3 is 0 Å². The number of hydrogen-bond acceptors (Lipinski definition) is 2. The molecule has 2 atom stereocenters. The number of carbonyl (C=O) groups excluding carboxylic acids is 1. The zero-order valence-corrected chi connectivity index (χ0v) is 13.6. The van der Waals surface area contributed by atoms with E-state index in [1.807, 2.05) is 18.2 Å². The first-order valence-electron chi connectivity index (χ1n) is 6.94. The molecule has 0 N–H and O–H groups in total. The van der Waals surface area contributed by atoms with E-state index in [9.17, 15) is 4.79 Å². The maximum Gasteiger partial charge on any atom is 0.193 e. The Kier molecular flexibility index (Phi) is 3.48. The second kappa shape index (κ2) is 4.56. The van der Waals surface area contributed by atoms with E-state index in [1.54, 1.807) is 0 Å². The summed E-state index contributed by atoms with van der Waals surface area (Å²) in [6, 6.07) is 10.2. The van der Waals surface area contributed by atoms with E-state index in [0.717, 1.165) is 18.3 Å². The molecule has 0 bridgehead atoms. The van der Waals surface area contributed by atoms with E-state index in [0.29, 0.717) is 0 Å². The van der Waals surface area contributed by atoms with Crippen molar-refractivity contribution in [2.45, 2.75) is 50.9 Å². The maximum atomic E-state index is 11.2. The molecule has 0 aromatic heterocycles. The summed E-state index contributed by atoms with van der Waals surface area (Å²) in [5.41, 5.74) is 0.795. The highest BCUT2D eigenvalue weighted by Gasteiger charge is 2.60. The van der Waals surface area contributed by atoms with Crippen molar-refractivity contribution in [3.63, 3.8) is 0 Å². The molecule has 1 saturated carbocycles. The normalized spacial score (nSPS) is 27.1. The first kappa shape index (κ1) is 14.5. The van der Waals surface area contributed by atoms with Crippen LogP contribution in [0.15, 0.2) is 30.3 Å². The highest BCUT2D eigenvalue weighted by Crippen LogP contribution is 2.57. The topological polar surface area (TPSA) is 26.3 Å². The summed E-state index contributed by atoms with van der Waals surface area (Å²) in [7, 11) is -1.88. The summed E-state index contributed by atoms with van der Waals surface area (Å²) in [6.07, 6.45) is 1.88. The Bertz CT molecular complexity index is 461. The molecule has 3 heteroatoms.